The van der Waals surface area contributed by atoms with Gasteiger partial charge in [-0.2, -0.15) is 0 Å². The van der Waals surface area contributed by atoms with Gasteiger partial charge < -0.3 is 35.4 Å². The molecule has 0 bridgehead atoms. The van der Waals surface area contributed by atoms with Gasteiger partial charge in [-0.3, -0.25) is 9.59 Å². The number of fused-ring (bicyclic) bond motifs is 5. The number of carbonyl (C=O) groups excluding carboxylic acids is 2. The Morgan fingerprint density at radius 3 is 2.38 bits per heavy atom. The van der Waals surface area contributed by atoms with E-state index >= 15 is 0 Å². The number of amides is 2. The number of nitrogens with two attached hydrogens (primary N) is 1. The fraction of sp³-hybridized carbons (Fsp3) is 0.939. The lowest BCUT2D eigenvalue weighted by atomic mass is 9.42. The number of rotatable bonds is 13. The standard InChI is InChI=1S/C33H59N3O8S/c1-21(8-11-28(39)35-14-6-15-36(4,5)16-7-17-45(42,43)44)23-9-10-24-29-25(19-27(38)32(23,24)3)31(2)12-13-33(41,30(34)40)20-22(31)18-26(29)37/h21-27,29,37-38,41H,6-20H2,1-5H3,(H3-,34,35,39,40,42,43,44)/t21-,22-,23-,24?,25?,26-,27+,29?,31+,32-,33-/m1/s1. The Morgan fingerprint density at radius 1 is 1.07 bits per heavy atom. The number of nitrogens with zero attached hydrogens (tertiary/aromatic N) is 1. The summed E-state index contributed by atoms with van der Waals surface area (Å²) in [5, 5.41) is 37.3. The third-order valence-corrected chi connectivity index (χ3v) is 14.1. The van der Waals surface area contributed by atoms with Crippen LogP contribution in [0.5, 0.6) is 0 Å². The summed E-state index contributed by atoms with van der Waals surface area (Å²) in [7, 11) is -0.224. The molecule has 0 saturated heterocycles. The third kappa shape index (κ3) is 7.56. The van der Waals surface area contributed by atoms with E-state index in [1.54, 1.807) is 0 Å². The SMILES string of the molecule is C[C@H](CCC(=O)NCCC[N+](C)(C)CCCS(=O)(=O)[O-])[C@H]1CCC2C3C(C[C@H](O)[C@@]21C)[C@@]1(C)CC[C@](O)(C(N)=O)C[C@H]1C[C@H]3O. The van der Waals surface area contributed by atoms with E-state index in [2.05, 4.69) is 26.1 Å². The summed E-state index contributed by atoms with van der Waals surface area (Å²) in [4.78, 5) is 24.8. The smallest absolute Gasteiger partial charge is 0.249 e. The number of aliphatic hydroxyl groups excluding tert-OH is 2. The lowest BCUT2D eigenvalue weighted by Crippen LogP contribution is -2.64. The number of aliphatic hydroxyl groups is 3. The number of carbonyl (C=O) groups is 2. The Balaban J connectivity index is 1.30. The molecule has 0 aromatic rings. The molecule has 2 amide bonds. The number of primary amides is 1. The van der Waals surface area contributed by atoms with E-state index in [4.69, 9.17) is 5.73 Å². The Morgan fingerprint density at radius 2 is 1.73 bits per heavy atom. The number of quaternary nitrogens is 1. The average molecular weight is 658 g/mol. The highest BCUT2D eigenvalue weighted by atomic mass is 32.2. The molecule has 0 spiro atoms. The van der Waals surface area contributed by atoms with Gasteiger partial charge in [0.25, 0.3) is 0 Å². The molecule has 4 saturated carbocycles. The van der Waals surface area contributed by atoms with Gasteiger partial charge in [-0.05, 0) is 97.7 Å². The van der Waals surface area contributed by atoms with Crippen LogP contribution < -0.4 is 11.1 Å². The highest BCUT2D eigenvalue weighted by molar-refractivity contribution is 7.85. The minimum atomic E-state index is -4.20. The lowest BCUT2D eigenvalue weighted by molar-refractivity contribution is -0.890. The molecule has 0 aliphatic heterocycles. The zero-order valence-electron chi connectivity index (χ0n) is 28.0. The summed E-state index contributed by atoms with van der Waals surface area (Å²) >= 11 is 0. The first-order valence-corrected chi connectivity index (χ1v) is 18.7. The Kier molecular flexibility index (Phi) is 10.8. The van der Waals surface area contributed by atoms with Crippen molar-refractivity contribution in [2.45, 2.75) is 109 Å². The van der Waals surface area contributed by atoms with Crippen LogP contribution in [0.3, 0.4) is 0 Å². The second-order valence-electron chi connectivity index (χ2n) is 16.4. The summed E-state index contributed by atoms with van der Waals surface area (Å²) in [5.74, 6) is -0.249. The molecule has 12 heteroatoms. The van der Waals surface area contributed by atoms with Crippen molar-refractivity contribution in [2.75, 3.05) is 39.5 Å². The van der Waals surface area contributed by atoms with Crippen molar-refractivity contribution in [1.29, 1.82) is 0 Å². The van der Waals surface area contributed by atoms with Crippen molar-refractivity contribution in [3.63, 3.8) is 0 Å². The Hall–Kier alpha value is -1.31. The van der Waals surface area contributed by atoms with Crippen LogP contribution in [0.2, 0.25) is 0 Å². The van der Waals surface area contributed by atoms with Crippen LogP contribution in [0.1, 0.15) is 91.4 Å². The van der Waals surface area contributed by atoms with Crippen molar-refractivity contribution in [1.82, 2.24) is 5.32 Å². The van der Waals surface area contributed by atoms with Gasteiger partial charge in [-0.25, -0.2) is 8.42 Å². The van der Waals surface area contributed by atoms with E-state index in [-0.39, 0.29) is 64.4 Å². The number of hydrogen-bond acceptors (Lipinski definition) is 8. The summed E-state index contributed by atoms with van der Waals surface area (Å²) < 4.78 is 33.2. The summed E-state index contributed by atoms with van der Waals surface area (Å²) in [6.45, 7) is 8.49. The zero-order chi connectivity index (χ0) is 33.6. The molecule has 0 aromatic carbocycles. The first kappa shape index (κ1) is 36.5. The largest absolute Gasteiger partial charge is 0.748 e. The zero-order valence-corrected chi connectivity index (χ0v) is 28.9. The monoisotopic (exact) mass is 657 g/mol. The number of nitrogens with one attached hydrogen (secondary N) is 1. The molecule has 4 aliphatic rings. The lowest BCUT2D eigenvalue weighted by Gasteiger charge is -2.64. The van der Waals surface area contributed by atoms with Crippen LogP contribution in [0, 0.1) is 46.3 Å². The fourth-order valence-corrected chi connectivity index (χ4v) is 11.0. The normalized spacial score (nSPS) is 40.6. The molecule has 4 aliphatic carbocycles. The molecular formula is C33H59N3O8S. The van der Waals surface area contributed by atoms with E-state index in [1.807, 2.05) is 14.1 Å². The van der Waals surface area contributed by atoms with Gasteiger partial charge in [0, 0.05) is 31.6 Å². The third-order valence-electron chi connectivity index (χ3n) is 13.3. The molecule has 0 aromatic heterocycles. The maximum atomic E-state index is 12.7. The fourth-order valence-electron chi connectivity index (χ4n) is 10.5. The maximum absolute atomic E-state index is 12.7. The van der Waals surface area contributed by atoms with E-state index < -0.39 is 33.8 Å². The molecule has 4 fully saturated rings. The molecule has 260 valence electrons. The van der Waals surface area contributed by atoms with Gasteiger partial charge in [0.05, 0.1) is 49.5 Å². The van der Waals surface area contributed by atoms with Crippen LogP contribution >= 0.6 is 0 Å². The molecule has 45 heavy (non-hydrogen) atoms. The predicted octanol–water partition coefficient (Wildman–Crippen LogP) is 1.74. The van der Waals surface area contributed by atoms with E-state index in [0.717, 1.165) is 32.2 Å². The minimum absolute atomic E-state index is 0.00319. The Labute approximate surface area is 270 Å². The molecular weight excluding hydrogens is 598 g/mol. The minimum Gasteiger partial charge on any atom is -0.748 e. The van der Waals surface area contributed by atoms with Crippen molar-refractivity contribution < 1.29 is 42.4 Å². The van der Waals surface area contributed by atoms with Crippen molar-refractivity contribution in [2.24, 2.45) is 52.1 Å². The van der Waals surface area contributed by atoms with Crippen LogP contribution in [0.15, 0.2) is 0 Å². The first-order valence-electron chi connectivity index (χ1n) is 17.1. The summed E-state index contributed by atoms with van der Waals surface area (Å²) in [6.07, 6.45) is 5.39. The van der Waals surface area contributed by atoms with E-state index in [1.165, 1.54) is 0 Å². The summed E-state index contributed by atoms with van der Waals surface area (Å²) in [6, 6.07) is 0. The molecule has 4 rings (SSSR count). The number of hydrogen-bond donors (Lipinski definition) is 5. The average Bonchev–Trinajstić information content (AvgIpc) is 3.29. The topological polar surface area (TPSA) is 190 Å². The molecule has 3 unspecified atom stereocenters. The van der Waals surface area contributed by atoms with Gasteiger partial charge in [0.15, 0.2) is 0 Å². The first-order chi connectivity index (χ1) is 20.7. The quantitative estimate of drug-likeness (QED) is 0.112. The summed E-state index contributed by atoms with van der Waals surface area (Å²) in [5.41, 5.74) is 3.50. The van der Waals surface area contributed by atoms with Crippen molar-refractivity contribution in [3.8, 4) is 0 Å². The van der Waals surface area contributed by atoms with Gasteiger partial charge in [-0.1, -0.05) is 20.8 Å². The Bertz CT molecular complexity index is 1200. The van der Waals surface area contributed by atoms with Crippen LogP contribution in [0.25, 0.3) is 0 Å². The predicted molar refractivity (Wildman–Crippen MR) is 169 cm³/mol. The van der Waals surface area contributed by atoms with E-state index in [0.29, 0.717) is 56.1 Å². The second-order valence-corrected chi connectivity index (χ2v) is 17.9. The van der Waals surface area contributed by atoms with Gasteiger partial charge in [-0.15, -0.1) is 0 Å². The van der Waals surface area contributed by atoms with Crippen molar-refractivity contribution >= 4 is 21.9 Å². The molecule has 0 radical (unpaired) electrons. The highest BCUT2D eigenvalue weighted by Gasteiger charge is 2.66. The second kappa shape index (κ2) is 13.3. The molecule has 11 nitrogen and oxygen atoms in total. The van der Waals surface area contributed by atoms with Crippen LogP contribution in [0.4, 0.5) is 0 Å². The maximum Gasteiger partial charge on any atom is 0.249 e. The van der Waals surface area contributed by atoms with Crippen molar-refractivity contribution in [3.05, 3.63) is 0 Å². The van der Waals surface area contributed by atoms with Gasteiger partial charge in [0.1, 0.15) is 5.60 Å². The van der Waals surface area contributed by atoms with Crippen LogP contribution in [-0.2, 0) is 19.7 Å². The van der Waals surface area contributed by atoms with Crippen LogP contribution in [-0.4, -0.2) is 102 Å². The molecule has 0 heterocycles. The highest BCUT2D eigenvalue weighted by Crippen LogP contribution is 2.68. The van der Waals surface area contributed by atoms with E-state index in [9.17, 15) is 37.9 Å². The van der Waals surface area contributed by atoms with Gasteiger partial charge in [0.2, 0.25) is 11.8 Å². The molecule has 11 atom stereocenters. The molecule has 6 N–H and O–H groups in total. The van der Waals surface area contributed by atoms with Gasteiger partial charge >= 0.3 is 0 Å².